The van der Waals surface area contributed by atoms with E-state index in [2.05, 4.69) is 35.6 Å². The van der Waals surface area contributed by atoms with Gasteiger partial charge in [0.25, 0.3) is 0 Å². The summed E-state index contributed by atoms with van der Waals surface area (Å²) in [6, 6.07) is 2.20. The second-order valence-corrected chi connectivity index (χ2v) is 6.44. The van der Waals surface area contributed by atoms with Crippen LogP contribution in [0.3, 0.4) is 0 Å². The fraction of sp³-hybridized carbons (Fsp3) is 0.500. The molecular weight excluding hydrogens is 282 g/mol. The highest BCUT2D eigenvalue weighted by Gasteiger charge is 2.21. The maximum absolute atomic E-state index is 12.1. The van der Waals surface area contributed by atoms with Crippen LogP contribution in [0.4, 0.5) is 0 Å². The van der Waals surface area contributed by atoms with E-state index < -0.39 is 10.0 Å². The van der Waals surface area contributed by atoms with E-state index in [1.165, 1.54) is 19.0 Å². The molecule has 1 fully saturated rings. The molecule has 20 heavy (non-hydrogen) atoms. The van der Waals surface area contributed by atoms with E-state index in [1.807, 2.05) is 0 Å². The van der Waals surface area contributed by atoms with Crippen LogP contribution in [0.15, 0.2) is 17.2 Å². The minimum Gasteiger partial charge on any atom is -0.363 e. The Morgan fingerprint density at radius 2 is 2.20 bits per heavy atom. The van der Waals surface area contributed by atoms with Crippen molar-refractivity contribution in [2.45, 2.75) is 36.9 Å². The number of aromatic nitrogens is 5. The van der Waals surface area contributed by atoms with Crippen molar-refractivity contribution in [2.24, 2.45) is 0 Å². The molecule has 108 valence electrons. The molecule has 0 saturated heterocycles. The monoisotopic (exact) mass is 297 g/mol. The van der Waals surface area contributed by atoms with Gasteiger partial charge in [0.05, 0.1) is 11.4 Å². The number of hydrogen-bond acceptors (Lipinski definition) is 6. The van der Waals surface area contributed by atoms with Crippen LogP contribution in [0.1, 0.15) is 24.4 Å². The second kappa shape index (κ2) is 5.31. The zero-order valence-electron chi connectivity index (χ0n) is 10.6. The Hall–Kier alpha value is -1.78. The molecule has 0 bridgehead atoms. The number of hydrogen-bond donors (Lipinski definition) is 4. The molecule has 0 unspecified atom stereocenters. The minimum atomic E-state index is -3.57. The third kappa shape index (κ3) is 3.21. The van der Waals surface area contributed by atoms with E-state index in [4.69, 9.17) is 0 Å². The van der Waals surface area contributed by atoms with E-state index in [-0.39, 0.29) is 11.4 Å². The van der Waals surface area contributed by atoms with Gasteiger partial charge in [-0.1, -0.05) is 5.21 Å². The number of nitrogens with one attached hydrogen (secondary N) is 4. The number of H-pyrrole nitrogens is 2. The molecule has 1 saturated carbocycles. The lowest BCUT2D eigenvalue weighted by molar-refractivity contribution is 0.579. The Kier molecular flexibility index (Phi) is 3.51. The van der Waals surface area contributed by atoms with Gasteiger partial charge in [-0.05, 0) is 18.9 Å². The molecule has 1 aliphatic carbocycles. The van der Waals surface area contributed by atoms with Gasteiger partial charge in [-0.3, -0.25) is 0 Å². The van der Waals surface area contributed by atoms with Crippen molar-refractivity contribution in [1.82, 2.24) is 35.6 Å². The Morgan fingerprint density at radius 1 is 1.35 bits per heavy atom. The second-order valence-electron chi connectivity index (χ2n) is 4.67. The first-order valence-corrected chi connectivity index (χ1v) is 7.74. The predicted molar refractivity (Wildman–Crippen MR) is 68.9 cm³/mol. The quantitative estimate of drug-likeness (QED) is 0.533. The maximum Gasteiger partial charge on any atom is 0.242 e. The molecule has 3 rings (SSSR count). The van der Waals surface area contributed by atoms with Gasteiger partial charge in [-0.25, -0.2) is 13.1 Å². The van der Waals surface area contributed by atoms with Gasteiger partial charge in [-0.15, -0.1) is 10.2 Å². The molecule has 2 aromatic heterocycles. The zero-order valence-corrected chi connectivity index (χ0v) is 11.4. The first-order valence-electron chi connectivity index (χ1n) is 6.26. The van der Waals surface area contributed by atoms with Gasteiger partial charge in [0.15, 0.2) is 5.82 Å². The van der Waals surface area contributed by atoms with E-state index in [9.17, 15) is 8.42 Å². The van der Waals surface area contributed by atoms with Crippen LogP contribution in [0.25, 0.3) is 0 Å². The van der Waals surface area contributed by atoms with Gasteiger partial charge >= 0.3 is 0 Å². The third-order valence-electron chi connectivity index (χ3n) is 2.99. The standard InChI is InChI=1S/C10H15N7O2S/c18-20(19,13-6-10-14-16-17-15-10)9-3-8(12-5-9)4-11-7-1-2-7/h3,5,7,11-13H,1-2,4,6H2,(H,14,15,16,17). The molecule has 0 spiro atoms. The van der Waals surface area contributed by atoms with Gasteiger partial charge in [-0.2, -0.15) is 5.21 Å². The summed E-state index contributed by atoms with van der Waals surface area (Å²) < 4.78 is 26.5. The lowest BCUT2D eigenvalue weighted by atomic mass is 10.4. The summed E-state index contributed by atoms with van der Waals surface area (Å²) in [7, 11) is -3.57. The maximum atomic E-state index is 12.1. The summed E-state index contributed by atoms with van der Waals surface area (Å²) in [5.74, 6) is 0.291. The Balaban J connectivity index is 1.61. The molecule has 0 aromatic carbocycles. The molecule has 10 heteroatoms. The molecule has 0 radical (unpaired) electrons. The van der Waals surface area contributed by atoms with Crippen molar-refractivity contribution >= 4 is 10.0 Å². The normalized spacial score (nSPS) is 15.6. The van der Waals surface area contributed by atoms with Crippen molar-refractivity contribution < 1.29 is 8.42 Å². The Labute approximate surface area is 115 Å². The number of nitrogens with zero attached hydrogens (tertiary/aromatic N) is 3. The molecule has 2 aromatic rings. The van der Waals surface area contributed by atoms with Crippen molar-refractivity contribution in [3.8, 4) is 0 Å². The summed E-state index contributed by atoms with van der Waals surface area (Å²) in [6.07, 6.45) is 3.86. The predicted octanol–water partition coefficient (Wildman–Crippen LogP) is -0.742. The van der Waals surface area contributed by atoms with Gasteiger partial charge in [0, 0.05) is 24.5 Å². The molecule has 2 heterocycles. The summed E-state index contributed by atoms with van der Waals surface area (Å²) in [5.41, 5.74) is 0.844. The molecule has 4 N–H and O–H groups in total. The smallest absolute Gasteiger partial charge is 0.242 e. The number of sulfonamides is 1. The van der Waals surface area contributed by atoms with E-state index >= 15 is 0 Å². The third-order valence-corrected chi connectivity index (χ3v) is 4.38. The van der Waals surface area contributed by atoms with Crippen LogP contribution in [0.2, 0.25) is 0 Å². The van der Waals surface area contributed by atoms with Gasteiger partial charge in [0.1, 0.15) is 0 Å². The average molecular weight is 297 g/mol. The first-order chi connectivity index (χ1) is 9.63. The van der Waals surface area contributed by atoms with Gasteiger partial charge < -0.3 is 10.3 Å². The molecule has 0 amide bonds. The highest BCUT2D eigenvalue weighted by molar-refractivity contribution is 7.89. The topological polar surface area (TPSA) is 128 Å². The number of tetrazole rings is 1. The average Bonchev–Trinajstić information content (AvgIpc) is 2.94. The van der Waals surface area contributed by atoms with E-state index in [1.54, 1.807) is 6.07 Å². The minimum absolute atomic E-state index is 0.000327. The highest BCUT2D eigenvalue weighted by Crippen LogP contribution is 2.19. The van der Waals surface area contributed by atoms with Crippen molar-refractivity contribution in [3.05, 3.63) is 23.8 Å². The van der Waals surface area contributed by atoms with Crippen LogP contribution in [-0.4, -0.2) is 40.1 Å². The van der Waals surface area contributed by atoms with Gasteiger partial charge in [0.2, 0.25) is 10.0 Å². The largest absolute Gasteiger partial charge is 0.363 e. The fourth-order valence-electron chi connectivity index (χ4n) is 1.72. The molecule has 0 atom stereocenters. The Morgan fingerprint density at radius 3 is 2.90 bits per heavy atom. The van der Waals surface area contributed by atoms with Crippen molar-refractivity contribution in [3.63, 3.8) is 0 Å². The summed E-state index contributed by atoms with van der Waals surface area (Å²) >= 11 is 0. The molecule has 0 aliphatic heterocycles. The fourth-order valence-corrected chi connectivity index (χ4v) is 2.72. The number of aromatic amines is 2. The first kappa shape index (κ1) is 13.2. The van der Waals surface area contributed by atoms with Crippen LogP contribution in [0.5, 0.6) is 0 Å². The van der Waals surface area contributed by atoms with E-state index in [0.717, 1.165) is 5.69 Å². The zero-order chi connectivity index (χ0) is 14.0. The summed E-state index contributed by atoms with van der Waals surface area (Å²) in [5, 5.41) is 16.3. The van der Waals surface area contributed by atoms with Crippen molar-refractivity contribution in [1.29, 1.82) is 0 Å². The molecule has 1 aliphatic rings. The van der Waals surface area contributed by atoms with E-state index in [0.29, 0.717) is 18.4 Å². The molecule has 9 nitrogen and oxygen atoms in total. The highest BCUT2D eigenvalue weighted by atomic mass is 32.2. The van der Waals surface area contributed by atoms with Crippen LogP contribution in [0, 0.1) is 0 Å². The number of rotatable bonds is 7. The summed E-state index contributed by atoms with van der Waals surface area (Å²) in [4.78, 5) is 3.16. The van der Waals surface area contributed by atoms with Crippen LogP contribution < -0.4 is 10.0 Å². The Bertz CT molecular complexity index is 660. The lowest BCUT2D eigenvalue weighted by Gasteiger charge is -2.01. The summed E-state index contributed by atoms with van der Waals surface area (Å²) in [6.45, 7) is 0.644. The molecular formula is C10H15N7O2S. The van der Waals surface area contributed by atoms with Crippen LogP contribution in [-0.2, 0) is 23.1 Å². The van der Waals surface area contributed by atoms with Crippen molar-refractivity contribution in [2.75, 3.05) is 0 Å². The van der Waals surface area contributed by atoms with Crippen LogP contribution >= 0.6 is 0 Å². The lowest BCUT2D eigenvalue weighted by Crippen LogP contribution is -2.23. The SMILES string of the molecule is O=S(=O)(NCc1nn[nH]n1)c1c[nH]c(CNC2CC2)c1.